The van der Waals surface area contributed by atoms with Crippen molar-refractivity contribution < 1.29 is 9.59 Å². The van der Waals surface area contributed by atoms with E-state index in [0.29, 0.717) is 12.5 Å². The Morgan fingerprint density at radius 3 is 2.32 bits per heavy atom. The van der Waals surface area contributed by atoms with E-state index in [1.807, 2.05) is 98.7 Å². The van der Waals surface area contributed by atoms with Crippen molar-refractivity contribution in [3.8, 4) is 0 Å². The summed E-state index contributed by atoms with van der Waals surface area (Å²) < 4.78 is 0. The number of nitrogens with zero attached hydrogens (tertiary/aromatic N) is 4. The normalized spacial score (nSPS) is 19.1. The number of rotatable bonds is 7. The molecule has 1 fully saturated rings. The molecule has 41 heavy (non-hydrogen) atoms. The van der Waals surface area contributed by atoms with Crippen LogP contribution in [0.4, 0.5) is 17.5 Å². The van der Waals surface area contributed by atoms with Gasteiger partial charge in [-0.15, -0.1) is 0 Å². The van der Waals surface area contributed by atoms with Gasteiger partial charge in [-0.1, -0.05) is 42.5 Å². The lowest BCUT2D eigenvalue weighted by atomic mass is 9.90. The molecule has 1 atom stereocenters. The molecular weight excluding hydrogens is 512 g/mol. The van der Waals surface area contributed by atoms with E-state index >= 15 is 0 Å². The van der Waals surface area contributed by atoms with Gasteiger partial charge in [0.25, 0.3) is 5.91 Å². The van der Waals surface area contributed by atoms with Crippen molar-refractivity contribution in [3.05, 3.63) is 89.5 Å². The van der Waals surface area contributed by atoms with E-state index in [4.69, 9.17) is 9.97 Å². The van der Waals surface area contributed by atoms with Crippen molar-refractivity contribution >= 4 is 40.2 Å². The van der Waals surface area contributed by atoms with Gasteiger partial charge in [-0.2, -0.15) is 4.98 Å². The number of aromatic nitrogens is 2. The van der Waals surface area contributed by atoms with Crippen LogP contribution in [0.1, 0.15) is 60.0 Å². The molecule has 1 unspecified atom stereocenters. The van der Waals surface area contributed by atoms with E-state index in [2.05, 4.69) is 10.6 Å². The van der Waals surface area contributed by atoms with Gasteiger partial charge in [0.1, 0.15) is 5.82 Å². The van der Waals surface area contributed by atoms with E-state index in [0.717, 1.165) is 64.8 Å². The van der Waals surface area contributed by atoms with E-state index in [1.54, 1.807) is 4.90 Å². The molecule has 0 radical (unpaired) electrons. The molecule has 6 rings (SSSR count). The quantitative estimate of drug-likeness (QED) is 0.317. The average molecular weight is 549 g/mol. The zero-order chi connectivity index (χ0) is 28.5. The second-order valence-electron chi connectivity index (χ2n) is 11.3. The highest BCUT2D eigenvalue weighted by Gasteiger charge is 2.29. The summed E-state index contributed by atoms with van der Waals surface area (Å²) in [4.78, 5) is 39.3. The lowest BCUT2D eigenvalue weighted by molar-refractivity contribution is -0.123. The van der Waals surface area contributed by atoms with Crippen molar-refractivity contribution in [3.63, 3.8) is 0 Å². The highest BCUT2D eigenvalue weighted by molar-refractivity contribution is 6.10. The zero-order valence-electron chi connectivity index (χ0n) is 23.8. The molecule has 2 heterocycles. The Kier molecular flexibility index (Phi) is 7.30. The summed E-state index contributed by atoms with van der Waals surface area (Å²) in [6.45, 7) is 2.51. The van der Waals surface area contributed by atoms with Gasteiger partial charge in [0.15, 0.2) is 0 Å². The highest BCUT2D eigenvalue weighted by atomic mass is 16.2. The number of fused-ring (bicyclic) bond motifs is 2. The fourth-order valence-electron chi connectivity index (χ4n) is 5.91. The molecule has 0 saturated heterocycles. The number of hydrogen-bond acceptors (Lipinski definition) is 6. The Morgan fingerprint density at radius 2 is 1.59 bits per heavy atom. The molecule has 4 aromatic rings. The highest BCUT2D eigenvalue weighted by Crippen LogP contribution is 2.30. The first kappa shape index (κ1) is 26.7. The summed E-state index contributed by atoms with van der Waals surface area (Å²) in [5.74, 6) is 1.33. The number of carbonyl (C=O) groups excluding carboxylic acids is 2. The van der Waals surface area contributed by atoms with Crippen LogP contribution in [0.5, 0.6) is 0 Å². The van der Waals surface area contributed by atoms with Crippen LogP contribution in [-0.4, -0.2) is 48.0 Å². The summed E-state index contributed by atoms with van der Waals surface area (Å²) >= 11 is 0. The minimum atomic E-state index is -0.276. The van der Waals surface area contributed by atoms with Crippen LogP contribution in [0, 0.1) is 0 Å². The lowest BCUT2D eigenvalue weighted by Gasteiger charge is -2.30. The fraction of sp³-hybridized carbons (Fsp3) is 0.333. The number of amides is 2. The second-order valence-corrected chi connectivity index (χ2v) is 11.3. The summed E-state index contributed by atoms with van der Waals surface area (Å²) in [5.41, 5.74) is 4.52. The molecule has 0 bridgehead atoms. The Hall–Kier alpha value is -4.46. The summed E-state index contributed by atoms with van der Waals surface area (Å²) in [7, 11) is 3.99. The van der Waals surface area contributed by atoms with E-state index < -0.39 is 0 Å². The monoisotopic (exact) mass is 548 g/mol. The predicted molar refractivity (Wildman–Crippen MR) is 163 cm³/mol. The third kappa shape index (κ3) is 5.46. The van der Waals surface area contributed by atoms with Gasteiger partial charge in [-0.05, 0) is 74.1 Å². The summed E-state index contributed by atoms with van der Waals surface area (Å²) in [6, 6.07) is 24.0. The van der Waals surface area contributed by atoms with Crippen LogP contribution in [0.25, 0.3) is 10.9 Å². The standard InChI is InChI=1S/C33H36N6O2/c1-21(22-12-18-26(19-13-22)39-20-23-8-4-5-9-27(23)32(39)41)31(40)34-24-14-16-25(17-15-24)35-33-36-29-11-7-6-10-28(29)30(37-33)38(2)3/h4-13,18-19,21,24-25H,14-17,20H2,1-3H3,(H,34,40)(H,35,36,37). The van der Waals surface area contributed by atoms with E-state index in [1.165, 1.54) is 0 Å². The molecule has 2 aliphatic rings. The van der Waals surface area contributed by atoms with Crippen LogP contribution in [0.3, 0.4) is 0 Å². The maximum absolute atomic E-state index is 13.1. The van der Waals surface area contributed by atoms with Gasteiger partial charge in [-0.25, -0.2) is 4.98 Å². The molecule has 2 N–H and O–H groups in total. The Balaban J connectivity index is 1.02. The van der Waals surface area contributed by atoms with Crippen molar-refractivity contribution in [2.45, 2.75) is 57.2 Å². The third-order valence-corrected chi connectivity index (χ3v) is 8.33. The molecule has 1 aliphatic carbocycles. The maximum atomic E-state index is 13.1. The van der Waals surface area contributed by atoms with Gasteiger partial charge in [-0.3, -0.25) is 9.59 Å². The first-order chi connectivity index (χ1) is 19.9. The minimum Gasteiger partial charge on any atom is -0.362 e. The van der Waals surface area contributed by atoms with Crippen molar-refractivity contribution in [1.29, 1.82) is 0 Å². The summed E-state index contributed by atoms with van der Waals surface area (Å²) in [5, 5.41) is 7.84. The maximum Gasteiger partial charge on any atom is 0.258 e. The number of carbonyl (C=O) groups is 2. The number of hydrogen-bond donors (Lipinski definition) is 2. The molecule has 1 saturated carbocycles. The van der Waals surface area contributed by atoms with Crippen LogP contribution >= 0.6 is 0 Å². The van der Waals surface area contributed by atoms with Crippen LogP contribution in [0.15, 0.2) is 72.8 Å². The van der Waals surface area contributed by atoms with E-state index in [-0.39, 0.29) is 29.8 Å². The van der Waals surface area contributed by atoms with Gasteiger partial charge < -0.3 is 20.4 Å². The number of benzene rings is 3. The Labute approximate surface area is 240 Å². The first-order valence-electron chi connectivity index (χ1n) is 14.4. The Morgan fingerprint density at radius 1 is 0.902 bits per heavy atom. The topological polar surface area (TPSA) is 90.5 Å². The zero-order valence-corrected chi connectivity index (χ0v) is 23.8. The lowest BCUT2D eigenvalue weighted by Crippen LogP contribution is -2.41. The molecule has 210 valence electrons. The van der Waals surface area contributed by atoms with Crippen molar-refractivity contribution in [2.75, 3.05) is 29.2 Å². The van der Waals surface area contributed by atoms with Gasteiger partial charge >= 0.3 is 0 Å². The molecule has 8 nitrogen and oxygen atoms in total. The molecule has 0 spiro atoms. The number of nitrogens with one attached hydrogen (secondary N) is 2. The second kappa shape index (κ2) is 11.2. The van der Waals surface area contributed by atoms with Crippen LogP contribution < -0.4 is 20.4 Å². The predicted octanol–water partition coefficient (Wildman–Crippen LogP) is 5.50. The van der Waals surface area contributed by atoms with Gasteiger partial charge in [0.2, 0.25) is 11.9 Å². The van der Waals surface area contributed by atoms with Gasteiger partial charge in [0.05, 0.1) is 18.0 Å². The SMILES string of the molecule is CC(C(=O)NC1CCC(Nc2nc(N(C)C)c3ccccc3n2)CC1)c1ccc(N2Cc3ccccc3C2=O)cc1. The molecule has 1 aliphatic heterocycles. The minimum absolute atomic E-state index is 0.0227. The van der Waals surface area contributed by atoms with Gasteiger partial charge in [0, 0.05) is 42.8 Å². The smallest absolute Gasteiger partial charge is 0.258 e. The third-order valence-electron chi connectivity index (χ3n) is 8.33. The molecule has 8 heteroatoms. The van der Waals surface area contributed by atoms with E-state index in [9.17, 15) is 9.59 Å². The fourth-order valence-corrected chi connectivity index (χ4v) is 5.91. The molecule has 3 aromatic carbocycles. The van der Waals surface area contributed by atoms with Crippen molar-refractivity contribution in [1.82, 2.24) is 15.3 Å². The van der Waals surface area contributed by atoms with Crippen molar-refractivity contribution in [2.24, 2.45) is 0 Å². The largest absolute Gasteiger partial charge is 0.362 e. The molecule has 2 amide bonds. The first-order valence-corrected chi connectivity index (χ1v) is 14.4. The summed E-state index contributed by atoms with van der Waals surface area (Å²) in [6.07, 6.45) is 3.68. The van der Waals surface area contributed by atoms with Crippen LogP contribution in [-0.2, 0) is 11.3 Å². The number of para-hydroxylation sites is 1. The number of anilines is 3. The Bertz CT molecular complexity index is 1580. The molecule has 1 aromatic heterocycles. The average Bonchev–Trinajstić information content (AvgIpc) is 3.33. The molecular formula is C33H36N6O2. The van der Waals surface area contributed by atoms with Crippen LogP contribution in [0.2, 0.25) is 0 Å².